The number of nitrogens with one attached hydrogen (secondary N) is 1. The van der Waals surface area contributed by atoms with Crippen molar-refractivity contribution in [2.75, 3.05) is 31.1 Å². The zero-order chi connectivity index (χ0) is 21.8. The van der Waals surface area contributed by atoms with Crippen molar-refractivity contribution in [2.24, 2.45) is 0 Å². The number of amides is 1. The van der Waals surface area contributed by atoms with E-state index in [1.54, 1.807) is 23.1 Å². The fourth-order valence-corrected chi connectivity index (χ4v) is 4.66. The van der Waals surface area contributed by atoms with Crippen LogP contribution < -0.4 is 9.62 Å². The molecule has 31 heavy (non-hydrogen) atoms. The van der Waals surface area contributed by atoms with Crippen molar-refractivity contribution >= 4 is 21.6 Å². The average Bonchev–Trinajstić information content (AvgIpc) is 3.32. The number of rotatable bonds is 6. The number of nitrogens with zero attached hydrogens (tertiary/aromatic N) is 2. The van der Waals surface area contributed by atoms with E-state index in [0.29, 0.717) is 24.4 Å². The summed E-state index contributed by atoms with van der Waals surface area (Å²) in [7, 11) is -3.77. The molecule has 3 aromatic rings. The van der Waals surface area contributed by atoms with Gasteiger partial charge in [0.1, 0.15) is 5.76 Å². The van der Waals surface area contributed by atoms with Crippen LogP contribution in [0.2, 0.25) is 0 Å². The topological polar surface area (TPSA) is 82.9 Å². The average molecular weight is 440 g/mol. The summed E-state index contributed by atoms with van der Waals surface area (Å²) >= 11 is 0. The smallest absolute Gasteiger partial charge is 0.254 e. The molecule has 0 radical (unpaired) electrons. The molecule has 8 heteroatoms. The highest BCUT2D eigenvalue weighted by molar-refractivity contribution is 7.89. The molecule has 0 bridgehead atoms. The number of para-hydroxylation sites is 1. The zero-order valence-electron chi connectivity index (χ0n) is 17.3. The van der Waals surface area contributed by atoms with E-state index in [-0.39, 0.29) is 17.3 Å². The number of aryl methyl sites for hydroxylation is 1. The summed E-state index contributed by atoms with van der Waals surface area (Å²) in [4.78, 5) is 17.3. The van der Waals surface area contributed by atoms with Gasteiger partial charge in [-0.15, -0.1) is 0 Å². The lowest BCUT2D eigenvalue weighted by atomic mass is 10.1. The fourth-order valence-electron chi connectivity index (χ4n) is 3.64. The summed E-state index contributed by atoms with van der Waals surface area (Å²) < 4.78 is 33.1. The number of carbonyl (C=O) groups is 1. The Labute approximate surface area is 182 Å². The van der Waals surface area contributed by atoms with E-state index in [2.05, 4.69) is 21.8 Å². The third-order valence-electron chi connectivity index (χ3n) is 5.45. The molecule has 1 aliphatic heterocycles. The standard InChI is InChI=1S/C23H25N3O4S/c1-18-9-10-21(31(28,29)24-17-20-8-5-15-30-20)16-22(18)23(27)26-13-11-25(12-14-26)19-6-3-2-4-7-19/h2-10,15-16,24H,11-14,17H2,1H3. The number of furan rings is 1. The molecule has 1 aliphatic rings. The first-order chi connectivity index (χ1) is 14.9. The molecule has 1 aromatic heterocycles. The van der Waals surface area contributed by atoms with Crippen molar-refractivity contribution in [3.63, 3.8) is 0 Å². The molecule has 2 heterocycles. The number of sulfonamides is 1. The number of piperazine rings is 1. The van der Waals surface area contributed by atoms with Gasteiger partial charge in [0.25, 0.3) is 5.91 Å². The van der Waals surface area contributed by atoms with Crippen molar-refractivity contribution in [2.45, 2.75) is 18.4 Å². The first-order valence-corrected chi connectivity index (χ1v) is 11.6. The van der Waals surface area contributed by atoms with Gasteiger partial charge >= 0.3 is 0 Å². The Kier molecular flexibility index (Phi) is 6.11. The Morgan fingerprint density at radius 3 is 2.42 bits per heavy atom. The molecule has 0 atom stereocenters. The highest BCUT2D eigenvalue weighted by Crippen LogP contribution is 2.20. The minimum Gasteiger partial charge on any atom is -0.468 e. The Morgan fingerprint density at radius 1 is 1.00 bits per heavy atom. The van der Waals surface area contributed by atoms with Crippen LogP contribution in [0.3, 0.4) is 0 Å². The maximum atomic E-state index is 13.2. The van der Waals surface area contributed by atoms with Crippen molar-refractivity contribution in [3.05, 3.63) is 83.8 Å². The molecular weight excluding hydrogens is 414 g/mol. The summed E-state index contributed by atoms with van der Waals surface area (Å²) in [6.45, 7) is 4.50. The lowest BCUT2D eigenvalue weighted by Crippen LogP contribution is -2.49. The minimum atomic E-state index is -3.77. The normalized spacial score (nSPS) is 14.6. The molecule has 1 fully saturated rings. The molecular formula is C23H25N3O4S. The van der Waals surface area contributed by atoms with Crippen LogP contribution in [0.25, 0.3) is 0 Å². The van der Waals surface area contributed by atoms with Crippen LogP contribution in [0, 0.1) is 6.92 Å². The van der Waals surface area contributed by atoms with Gasteiger partial charge < -0.3 is 14.2 Å². The third kappa shape index (κ3) is 4.81. The zero-order valence-corrected chi connectivity index (χ0v) is 18.1. The van der Waals surface area contributed by atoms with Crippen molar-refractivity contribution < 1.29 is 17.6 Å². The van der Waals surface area contributed by atoms with Crippen molar-refractivity contribution in [1.29, 1.82) is 0 Å². The fraction of sp³-hybridized carbons (Fsp3) is 0.261. The first kappa shape index (κ1) is 21.1. The van der Waals surface area contributed by atoms with Crippen molar-refractivity contribution in [3.8, 4) is 0 Å². The Balaban J connectivity index is 1.46. The quantitative estimate of drug-likeness (QED) is 0.638. The molecule has 162 valence electrons. The van der Waals surface area contributed by atoms with Crippen LogP contribution in [0.1, 0.15) is 21.7 Å². The number of hydrogen-bond acceptors (Lipinski definition) is 5. The largest absolute Gasteiger partial charge is 0.468 e. The maximum absolute atomic E-state index is 13.2. The lowest BCUT2D eigenvalue weighted by molar-refractivity contribution is 0.0746. The van der Waals surface area contributed by atoms with Crippen LogP contribution in [-0.2, 0) is 16.6 Å². The van der Waals surface area contributed by atoms with Gasteiger partial charge in [-0.25, -0.2) is 13.1 Å². The van der Waals surface area contributed by atoms with Gasteiger partial charge in [-0.05, 0) is 48.9 Å². The molecule has 0 unspecified atom stereocenters. The molecule has 1 amide bonds. The summed E-state index contributed by atoms with van der Waals surface area (Å²) in [5.41, 5.74) is 2.30. The Morgan fingerprint density at radius 2 is 1.74 bits per heavy atom. The van der Waals surface area contributed by atoms with Gasteiger partial charge in [-0.3, -0.25) is 4.79 Å². The van der Waals surface area contributed by atoms with E-state index in [1.807, 2.05) is 25.1 Å². The summed E-state index contributed by atoms with van der Waals surface area (Å²) in [6, 6.07) is 18.2. The molecule has 0 saturated carbocycles. The van der Waals surface area contributed by atoms with Crippen LogP contribution in [0.4, 0.5) is 5.69 Å². The second kappa shape index (κ2) is 8.95. The van der Waals surface area contributed by atoms with Gasteiger partial charge in [0.15, 0.2) is 0 Å². The van der Waals surface area contributed by atoms with Gasteiger partial charge in [0.2, 0.25) is 10.0 Å². The van der Waals surface area contributed by atoms with Crippen LogP contribution in [0.15, 0.2) is 76.2 Å². The van der Waals surface area contributed by atoms with E-state index in [1.165, 1.54) is 18.4 Å². The molecule has 0 spiro atoms. The predicted octanol–water partition coefficient (Wildman–Crippen LogP) is 3.03. The molecule has 2 aromatic carbocycles. The minimum absolute atomic E-state index is 0.0495. The lowest BCUT2D eigenvalue weighted by Gasteiger charge is -2.36. The van der Waals surface area contributed by atoms with Gasteiger partial charge in [-0.1, -0.05) is 24.3 Å². The second-order valence-electron chi connectivity index (χ2n) is 7.50. The van der Waals surface area contributed by atoms with E-state index in [0.717, 1.165) is 24.3 Å². The molecule has 0 aliphatic carbocycles. The van der Waals surface area contributed by atoms with Gasteiger partial charge in [0.05, 0.1) is 17.7 Å². The summed E-state index contributed by atoms with van der Waals surface area (Å²) in [5.74, 6) is 0.372. The molecule has 7 nitrogen and oxygen atoms in total. The Hall–Kier alpha value is -3.10. The molecule has 4 rings (SSSR count). The van der Waals surface area contributed by atoms with Gasteiger partial charge in [0, 0.05) is 37.4 Å². The molecule has 1 N–H and O–H groups in total. The highest BCUT2D eigenvalue weighted by Gasteiger charge is 2.25. The van der Waals surface area contributed by atoms with E-state index in [9.17, 15) is 13.2 Å². The van der Waals surface area contributed by atoms with E-state index >= 15 is 0 Å². The number of hydrogen-bond donors (Lipinski definition) is 1. The van der Waals surface area contributed by atoms with Crippen LogP contribution >= 0.6 is 0 Å². The highest BCUT2D eigenvalue weighted by atomic mass is 32.2. The maximum Gasteiger partial charge on any atom is 0.254 e. The first-order valence-electron chi connectivity index (χ1n) is 10.2. The number of anilines is 1. The van der Waals surface area contributed by atoms with E-state index < -0.39 is 10.0 Å². The number of carbonyl (C=O) groups excluding carboxylic acids is 1. The predicted molar refractivity (Wildman–Crippen MR) is 118 cm³/mol. The Bertz CT molecular complexity index is 1140. The monoisotopic (exact) mass is 439 g/mol. The van der Waals surface area contributed by atoms with Gasteiger partial charge in [-0.2, -0.15) is 0 Å². The van der Waals surface area contributed by atoms with Crippen LogP contribution in [-0.4, -0.2) is 45.4 Å². The summed E-state index contributed by atoms with van der Waals surface area (Å²) in [6.07, 6.45) is 1.49. The van der Waals surface area contributed by atoms with E-state index in [4.69, 9.17) is 4.42 Å². The third-order valence-corrected chi connectivity index (χ3v) is 6.85. The molecule has 1 saturated heterocycles. The summed E-state index contributed by atoms with van der Waals surface area (Å²) in [5, 5.41) is 0. The van der Waals surface area contributed by atoms with Crippen molar-refractivity contribution in [1.82, 2.24) is 9.62 Å². The van der Waals surface area contributed by atoms with Crippen LogP contribution in [0.5, 0.6) is 0 Å². The SMILES string of the molecule is Cc1ccc(S(=O)(=O)NCc2ccco2)cc1C(=O)N1CCN(c2ccccc2)CC1. The number of benzene rings is 2. The second-order valence-corrected chi connectivity index (χ2v) is 9.26.